The van der Waals surface area contributed by atoms with Crippen LogP contribution in [0.15, 0.2) is 18.2 Å². The summed E-state index contributed by atoms with van der Waals surface area (Å²) in [7, 11) is 0. The lowest BCUT2D eigenvalue weighted by Gasteiger charge is -2.33. The maximum atomic E-state index is 6.15. The predicted molar refractivity (Wildman–Crippen MR) is 86.8 cm³/mol. The van der Waals surface area contributed by atoms with Gasteiger partial charge in [0.1, 0.15) is 5.75 Å². The van der Waals surface area contributed by atoms with Gasteiger partial charge in [-0.1, -0.05) is 6.07 Å². The van der Waals surface area contributed by atoms with Crippen LogP contribution >= 0.6 is 12.2 Å². The lowest BCUT2D eigenvalue weighted by atomic mass is 10.0. The van der Waals surface area contributed by atoms with Crippen LogP contribution in [0.5, 0.6) is 5.75 Å². The van der Waals surface area contributed by atoms with Gasteiger partial charge in [-0.2, -0.15) is 0 Å². The zero-order valence-electron chi connectivity index (χ0n) is 12.1. The van der Waals surface area contributed by atoms with Gasteiger partial charge in [-0.25, -0.2) is 0 Å². The number of ether oxygens (including phenoxy) is 2. The van der Waals surface area contributed by atoms with Gasteiger partial charge in [0.15, 0.2) is 5.11 Å². The Morgan fingerprint density at radius 1 is 1.43 bits per heavy atom. The number of benzene rings is 1. The second-order valence-electron chi connectivity index (χ2n) is 5.63. The van der Waals surface area contributed by atoms with E-state index in [4.69, 9.17) is 27.4 Å². The van der Waals surface area contributed by atoms with Gasteiger partial charge in [0.2, 0.25) is 0 Å². The van der Waals surface area contributed by atoms with Crippen LogP contribution in [0.4, 0.5) is 5.69 Å². The molecule has 2 aliphatic heterocycles. The van der Waals surface area contributed by atoms with Gasteiger partial charge in [0.25, 0.3) is 0 Å². The molecule has 1 aromatic carbocycles. The summed E-state index contributed by atoms with van der Waals surface area (Å²) in [6, 6.07) is 6.07. The van der Waals surface area contributed by atoms with E-state index in [0.29, 0.717) is 11.7 Å². The molecule has 0 unspecified atom stereocenters. The van der Waals surface area contributed by atoms with Crippen molar-refractivity contribution in [1.29, 1.82) is 0 Å². The number of anilines is 1. The van der Waals surface area contributed by atoms with E-state index >= 15 is 0 Å². The largest absolute Gasteiger partial charge is 0.493 e. The fourth-order valence-corrected chi connectivity index (χ4v) is 3.08. The minimum absolute atomic E-state index is 0.0502. The van der Waals surface area contributed by atoms with Crippen LogP contribution in [0, 0.1) is 0 Å². The van der Waals surface area contributed by atoms with Gasteiger partial charge in [-0.3, -0.25) is 0 Å². The Labute approximate surface area is 130 Å². The molecule has 0 aliphatic carbocycles. The summed E-state index contributed by atoms with van der Waals surface area (Å²) >= 11 is 5.40. The van der Waals surface area contributed by atoms with Crippen molar-refractivity contribution in [3.63, 3.8) is 0 Å². The van der Waals surface area contributed by atoms with Crippen LogP contribution in [0.25, 0.3) is 0 Å². The lowest BCUT2D eigenvalue weighted by Crippen LogP contribution is -2.55. The fourth-order valence-electron chi connectivity index (χ4n) is 2.82. The van der Waals surface area contributed by atoms with Crippen molar-refractivity contribution in [2.45, 2.75) is 38.0 Å². The van der Waals surface area contributed by atoms with Crippen molar-refractivity contribution in [2.24, 2.45) is 5.73 Å². The normalized spacial score (nSPS) is 27.6. The molecule has 114 valence electrons. The monoisotopic (exact) mass is 307 g/mol. The molecule has 0 aromatic heterocycles. The summed E-state index contributed by atoms with van der Waals surface area (Å²) in [5, 5.41) is 7.09. The van der Waals surface area contributed by atoms with Gasteiger partial charge in [-0.15, -0.1) is 0 Å². The molecular weight excluding hydrogens is 286 g/mol. The van der Waals surface area contributed by atoms with Crippen molar-refractivity contribution in [3.8, 4) is 5.75 Å². The second kappa shape index (κ2) is 6.17. The summed E-state index contributed by atoms with van der Waals surface area (Å²) in [6.45, 7) is 3.35. The first-order valence-electron chi connectivity index (χ1n) is 7.33. The van der Waals surface area contributed by atoms with Crippen molar-refractivity contribution >= 4 is 23.0 Å². The minimum Gasteiger partial charge on any atom is -0.493 e. The molecule has 0 radical (unpaired) electrons. The van der Waals surface area contributed by atoms with Gasteiger partial charge in [0, 0.05) is 23.7 Å². The smallest absolute Gasteiger partial charge is 0.171 e. The average Bonchev–Trinajstić information content (AvgIpc) is 2.91. The minimum atomic E-state index is 0.0502. The van der Waals surface area contributed by atoms with Gasteiger partial charge >= 0.3 is 0 Å². The van der Waals surface area contributed by atoms with E-state index in [2.05, 4.69) is 10.6 Å². The molecule has 3 atom stereocenters. The van der Waals surface area contributed by atoms with Crippen molar-refractivity contribution in [2.75, 3.05) is 18.5 Å². The Morgan fingerprint density at radius 3 is 3.10 bits per heavy atom. The Bertz CT molecular complexity index is 538. The number of hydrogen-bond acceptors (Lipinski definition) is 4. The fraction of sp³-hybridized carbons (Fsp3) is 0.533. The standard InChI is InChI=1S/C15H21N3O2S/c1-9-7-11(16)13(8-20-9)18-15(21)17-12-3-2-4-14-10(12)5-6-19-14/h2-4,9,11,13H,5-8,16H2,1H3,(H2,17,18,21)/t9-,11+,13-/m0/s1. The first-order chi connectivity index (χ1) is 10.1. The first-order valence-corrected chi connectivity index (χ1v) is 7.73. The van der Waals surface area contributed by atoms with E-state index in [1.807, 2.05) is 25.1 Å². The van der Waals surface area contributed by atoms with E-state index in [9.17, 15) is 0 Å². The zero-order valence-corrected chi connectivity index (χ0v) is 12.9. The third kappa shape index (κ3) is 3.28. The molecule has 5 nitrogen and oxygen atoms in total. The second-order valence-corrected chi connectivity index (χ2v) is 6.04. The van der Waals surface area contributed by atoms with Crippen LogP contribution < -0.4 is 21.1 Å². The highest BCUT2D eigenvalue weighted by molar-refractivity contribution is 7.80. The van der Waals surface area contributed by atoms with Gasteiger partial charge in [-0.05, 0) is 37.7 Å². The summed E-state index contributed by atoms with van der Waals surface area (Å²) in [4.78, 5) is 0. The molecule has 2 heterocycles. The quantitative estimate of drug-likeness (QED) is 0.718. The molecular formula is C15H21N3O2S. The number of thiocarbonyl (C=S) groups is 1. The molecule has 3 rings (SSSR count). The topological polar surface area (TPSA) is 68.5 Å². The Kier molecular flexibility index (Phi) is 4.28. The summed E-state index contributed by atoms with van der Waals surface area (Å²) in [5.41, 5.74) is 8.33. The summed E-state index contributed by atoms with van der Waals surface area (Å²) in [6.07, 6.45) is 1.97. The number of nitrogens with two attached hydrogens (primary N) is 1. The summed E-state index contributed by atoms with van der Waals surface area (Å²) < 4.78 is 11.2. The van der Waals surface area contributed by atoms with Gasteiger partial charge < -0.3 is 25.8 Å². The molecule has 0 saturated carbocycles. The van der Waals surface area contributed by atoms with E-state index in [-0.39, 0.29) is 18.2 Å². The Hall–Kier alpha value is -1.37. The van der Waals surface area contributed by atoms with E-state index in [0.717, 1.165) is 30.9 Å². The van der Waals surface area contributed by atoms with Gasteiger partial charge in [0.05, 0.1) is 25.4 Å². The third-order valence-electron chi connectivity index (χ3n) is 3.99. The van der Waals surface area contributed by atoms with Crippen molar-refractivity contribution < 1.29 is 9.47 Å². The molecule has 1 fully saturated rings. The van der Waals surface area contributed by atoms with Crippen LogP contribution in [0.1, 0.15) is 18.9 Å². The number of nitrogens with one attached hydrogen (secondary N) is 2. The molecule has 0 spiro atoms. The molecule has 0 amide bonds. The molecule has 1 saturated heterocycles. The third-order valence-corrected chi connectivity index (χ3v) is 4.21. The van der Waals surface area contributed by atoms with E-state index in [1.54, 1.807) is 0 Å². The van der Waals surface area contributed by atoms with E-state index in [1.165, 1.54) is 5.56 Å². The van der Waals surface area contributed by atoms with Crippen LogP contribution in [0.2, 0.25) is 0 Å². The average molecular weight is 307 g/mol. The van der Waals surface area contributed by atoms with E-state index < -0.39 is 0 Å². The molecule has 21 heavy (non-hydrogen) atoms. The molecule has 4 N–H and O–H groups in total. The number of fused-ring (bicyclic) bond motifs is 1. The van der Waals surface area contributed by atoms with Crippen LogP contribution in [0.3, 0.4) is 0 Å². The molecule has 0 bridgehead atoms. The SMILES string of the molecule is C[C@H]1C[C@@H](N)[C@@H](NC(=S)Nc2cccc3c2CCO3)CO1. The lowest BCUT2D eigenvalue weighted by molar-refractivity contribution is 0.00361. The highest BCUT2D eigenvalue weighted by Gasteiger charge is 2.27. The predicted octanol–water partition coefficient (Wildman–Crippen LogP) is 1.41. The van der Waals surface area contributed by atoms with Crippen LogP contribution in [-0.2, 0) is 11.2 Å². The highest BCUT2D eigenvalue weighted by atomic mass is 32.1. The van der Waals surface area contributed by atoms with Crippen molar-refractivity contribution in [3.05, 3.63) is 23.8 Å². The molecule has 1 aromatic rings. The Morgan fingerprint density at radius 2 is 2.29 bits per heavy atom. The Balaban J connectivity index is 1.61. The summed E-state index contributed by atoms with van der Waals surface area (Å²) in [5.74, 6) is 0.939. The van der Waals surface area contributed by atoms with Crippen molar-refractivity contribution in [1.82, 2.24) is 5.32 Å². The maximum absolute atomic E-state index is 6.15. The highest BCUT2D eigenvalue weighted by Crippen LogP contribution is 2.31. The zero-order chi connectivity index (χ0) is 14.8. The van der Waals surface area contributed by atoms with Crippen LogP contribution in [-0.4, -0.2) is 36.5 Å². The molecule has 6 heteroatoms. The molecule has 2 aliphatic rings. The number of hydrogen-bond donors (Lipinski definition) is 3. The first kappa shape index (κ1) is 14.6. The number of rotatable bonds is 2. The maximum Gasteiger partial charge on any atom is 0.171 e.